The van der Waals surface area contributed by atoms with E-state index < -0.39 is 21.5 Å². The number of benzene rings is 2. The average molecular weight is 547 g/mol. The summed E-state index contributed by atoms with van der Waals surface area (Å²) in [6, 6.07) is 15.3. The topological polar surface area (TPSA) is 116 Å². The summed E-state index contributed by atoms with van der Waals surface area (Å²) in [5, 5.41) is 11.5. The minimum atomic E-state index is -3.95. The molecular formula is C29H30N4O5S. The summed E-state index contributed by atoms with van der Waals surface area (Å²) in [6.07, 6.45) is 3.58. The van der Waals surface area contributed by atoms with E-state index >= 15 is 0 Å². The van der Waals surface area contributed by atoms with Crippen LogP contribution in [0.25, 0.3) is 10.9 Å². The predicted octanol–water partition coefficient (Wildman–Crippen LogP) is 2.94. The SMILES string of the molecule is COc1ccc2c3c([nH]c2c1)[C@@H](CO)N(S(=O)(=O)c1ccc(C)cc1)CC31CN(C(=O)Cc2cccnc2)C1. The van der Waals surface area contributed by atoms with Crippen LogP contribution in [0.15, 0.2) is 71.9 Å². The van der Waals surface area contributed by atoms with E-state index in [-0.39, 0.29) is 30.4 Å². The van der Waals surface area contributed by atoms with Crippen LogP contribution < -0.4 is 4.74 Å². The molecule has 2 aliphatic heterocycles. The molecule has 4 heterocycles. The zero-order chi connectivity index (χ0) is 27.4. The first-order valence-corrected chi connectivity index (χ1v) is 14.3. The predicted molar refractivity (Wildman–Crippen MR) is 146 cm³/mol. The second-order valence-electron chi connectivity index (χ2n) is 10.5. The molecule has 0 unspecified atom stereocenters. The lowest BCUT2D eigenvalue weighted by atomic mass is 9.69. The van der Waals surface area contributed by atoms with Crippen molar-refractivity contribution in [1.29, 1.82) is 0 Å². The van der Waals surface area contributed by atoms with E-state index in [0.29, 0.717) is 24.5 Å². The largest absolute Gasteiger partial charge is 0.497 e. The summed E-state index contributed by atoms with van der Waals surface area (Å²) < 4.78 is 34.8. The fourth-order valence-electron chi connectivity index (χ4n) is 5.97. The van der Waals surface area contributed by atoms with Gasteiger partial charge in [-0.3, -0.25) is 9.78 Å². The number of rotatable bonds is 6. The van der Waals surface area contributed by atoms with Crippen molar-refractivity contribution in [3.63, 3.8) is 0 Å². The Hall–Kier alpha value is -3.73. The van der Waals surface area contributed by atoms with E-state index in [1.54, 1.807) is 54.7 Å². The minimum absolute atomic E-state index is 0.0334. The number of hydrogen-bond donors (Lipinski definition) is 2. The van der Waals surface area contributed by atoms with Gasteiger partial charge < -0.3 is 19.7 Å². The standard InChI is InChI=1S/C29H30N4O5S/c1-19-5-8-22(9-6-19)39(36,37)33-18-29(16-32(17-29)26(35)12-20-4-3-11-30-14-20)27-23-10-7-21(38-2)13-24(23)31-28(27)25(33)15-34/h3-11,13-14,25,31,34H,12,15-18H2,1-2H3/t25-/m1/s1. The Balaban J connectivity index is 1.42. The first-order chi connectivity index (χ1) is 18.8. The summed E-state index contributed by atoms with van der Waals surface area (Å²) in [6.45, 7) is 2.41. The normalized spacial score (nSPS) is 18.6. The van der Waals surface area contributed by atoms with Gasteiger partial charge in [-0.1, -0.05) is 23.8 Å². The fourth-order valence-corrected chi connectivity index (χ4v) is 7.64. The number of likely N-dealkylation sites (tertiary alicyclic amines) is 1. The Labute approximate surface area is 227 Å². The summed E-state index contributed by atoms with van der Waals surface area (Å²) >= 11 is 0. The molecular weight excluding hydrogens is 516 g/mol. The molecule has 1 saturated heterocycles. The molecule has 10 heteroatoms. The maximum atomic E-state index is 14.0. The van der Waals surface area contributed by atoms with Crippen LogP contribution >= 0.6 is 0 Å². The van der Waals surface area contributed by atoms with E-state index in [2.05, 4.69) is 9.97 Å². The van der Waals surface area contributed by atoms with Gasteiger partial charge in [-0.15, -0.1) is 0 Å². The van der Waals surface area contributed by atoms with Gasteiger partial charge in [0.2, 0.25) is 15.9 Å². The number of aliphatic hydroxyl groups is 1. The third-order valence-electron chi connectivity index (χ3n) is 7.92. The lowest BCUT2D eigenvalue weighted by Gasteiger charge is -2.55. The van der Waals surface area contributed by atoms with Crippen molar-refractivity contribution in [1.82, 2.24) is 19.2 Å². The van der Waals surface area contributed by atoms with Crippen molar-refractivity contribution in [3.8, 4) is 5.75 Å². The van der Waals surface area contributed by atoms with Gasteiger partial charge >= 0.3 is 0 Å². The van der Waals surface area contributed by atoms with Crippen LogP contribution in [0, 0.1) is 6.92 Å². The number of pyridine rings is 1. The Bertz CT molecular complexity index is 1640. The van der Waals surface area contributed by atoms with Gasteiger partial charge in [0, 0.05) is 60.1 Å². The molecule has 39 heavy (non-hydrogen) atoms. The number of carbonyl (C=O) groups is 1. The number of nitrogens with zero attached hydrogens (tertiary/aromatic N) is 3. The number of fused-ring (bicyclic) bond motifs is 4. The average Bonchev–Trinajstić information content (AvgIpc) is 3.30. The lowest BCUT2D eigenvalue weighted by molar-refractivity contribution is -0.139. The van der Waals surface area contributed by atoms with Crippen molar-refractivity contribution in [2.75, 3.05) is 33.4 Å². The highest BCUT2D eigenvalue weighted by Crippen LogP contribution is 2.50. The van der Waals surface area contributed by atoms with Gasteiger partial charge in [-0.05, 0) is 48.4 Å². The molecule has 1 amide bonds. The van der Waals surface area contributed by atoms with Crippen molar-refractivity contribution >= 4 is 26.8 Å². The molecule has 2 aliphatic rings. The van der Waals surface area contributed by atoms with E-state index in [4.69, 9.17) is 4.74 Å². The molecule has 2 aromatic carbocycles. The number of H-pyrrole nitrogens is 1. The molecule has 2 aromatic heterocycles. The van der Waals surface area contributed by atoms with Crippen LogP contribution in [-0.2, 0) is 26.7 Å². The summed E-state index contributed by atoms with van der Waals surface area (Å²) in [5.41, 5.74) is 3.57. The van der Waals surface area contributed by atoms with Crippen LogP contribution in [0.3, 0.4) is 0 Å². The van der Waals surface area contributed by atoms with Crippen molar-refractivity contribution in [2.24, 2.45) is 0 Å². The Morgan fingerprint density at radius 1 is 1.15 bits per heavy atom. The molecule has 0 bridgehead atoms. The number of aromatic amines is 1. The lowest BCUT2D eigenvalue weighted by Crippen LogP contribution is -2.68. The number of aliphatic hydroxyl groups excluding tert-OH is 1. The number of aryl methyl sites for hydroxylation is 1. The third kappa shape index (κ3) is 4.19. The summed E-state index contributed by atoms with van der Waals surface area (Å²) in [5.74, 6) is 0.635. The number of methoxy groups -OCH3 is 1. The number of amides is 1. The maximum Gasteiger partial charge on any atom is 0.243 e. The van der Waals surface area contributed by atoms with E-state index in [1.165, 1.54) is 4.31 Å². The van der Waals surface area contributed by atoms with E-state index in [0.717, 1.165) is 27.6 Å². The van der Waals surface area contributed by atoms with Crippen LogP contribution in [0.2, 0.25) is 0 Å². The minimum Gasteiger partial charge on any atom is -0.497 e. The summed E-state index contributed by atoms with van der Waals surface area (Å²) in [4.78, 5) is 22.6. The quantitative estimate of drug-likeness (QED) is 0.384. The number of ether oxygens (including phenoxy) is 1. The highest BCUT2D eigenvalue weighted by molar-refractivity contribution is 7.89. The Kier molecular flexibility index (Phi) is 6.21. The third-order valence-corrected chi connectivity index (χ3v) is 9.79. The molecule has 6 rings (SSSR count). The van der Waals surface area contributed by atoms with Crippen molar-refractivity contribution in [3.05, 3.63) is 89.4 Å². The zero-order valence-corrected chi connectivity index (χ0v) is 22.6. The molecule has 1 fully saturated rings. The number of nitrogens with one attached hydrogen (secondary N) is 1. The van der Waals surface area contributed by atoms with E-state index in [9.17, 15) is 18.3 Å². The van der Waals surface area contributed by atoms with Gasteiger partial charge in [-0.25, -0.2) is 8.42 Å². The van der Waals surface area contributed by atoms with Gasteiger partial charge in [0.1, 0.15) is 5.75 Å². The molecule has 0 saturated carbocycles. The number of hydrogen-bond acceptors (Lipinski definition) is 6. The first-order valence-electron chi connectivity index (χ1n) is 12.8. The van der Waals surface area contributed by atoms with Crippen LogP contribution in [0.4, 0.5) is 0 Å². The Morgan fingerprint density at radius 3 is 2.59 bits per heavy atom. The molecule has 4 aromatic rings. The van der Waals surface area contributed by atoms with Crippen LogP contribution in [-0.4, -0.2) is 72.0 Å². The number of aromatic nitrogens is 2. The van der Waals surface area contributed by atoms with E-state index in [1.807, 2.05) is 31.2 Å². The maximum absolute atomic E-state index is 14.0. The number of sulfonamides is 1. The van der Waals surface area contributed by atoms with Gasteiger partial charge in [0.25, 0.3) is 0 Å². The molecule has 1 spiro atoms. The highest BCUT2D eigenvalue weighted by Gasteiger charge is 2.56. The van der Waals surface area contributed by atoms with Crippen LogP contribution in [0.5, 0.6) is 5.75 Å². The fraction of sp³-hybridized carbons (Fsp3) is 0.310. The molecule has 1 atom stereocenters. The molecule has 0 radical (unpaired) electrons. The zero-order valence-electron chi connectivity index (χ0n) is 21.8. The smallest absolute Gasteiger partial charge is 0.243 e. The van der Waals surface area contributed by atoms with Gasteiger partial charge in [0.05, 0.1) is 31.1 Å². The van der Waals surface area contributed by atoms with Gasteiger partial charge in [0.15, 0.2) is 0 Å². The molecule has 0 aliphatic carbocycles. The van der Waals surface area contributed by atoms with Crippen molar-refractivity contribution < 1.29 is 23.1 Å². The number of carbonyl (C=O) groups excluding carboxylic acids is 1. The highest BCUT2D eigenvalue weighted by atomic mass is 32.2. The van der Waals surface area contributed by atoms with Crippen LogP contribution in [0.1, 0.15) is 28.4 Å². The summed E-state index contributed by atoms with van der Waals surface area (Å²) in [7, 11) is -2.36. The van der Waals surface area contributed by atoms with Crippen molar-refractivity contribution in [2.45, 2.75) is 29.7 Å². The second-order valence-corrected chi connectivity index (χ2v) is 12.3. The monoisotopic (exact) mass is 546 g/mol. The molecule has 2 N–H and O–H groups in total. The molecule has 202 valence electrons. The first kappa shape index (κ1) is 25.5. The molecule has 9 nitrogen and oxygen atoms in total. The second kappa shape index (κ2) is 9.48. The Morgan fingerprint density at radius 2 is 1.92 bits per heavy atom. The van der Waals surface area contributed by atoms with Gasteiger partial charge in [-0.2, -0.15) is 4.31 Å².